The van der Waals surface area contributed by atoms with Crippen molar-refractivity contribution in [3.05, 3.63) is 88.4 Å². The van der Waals surface area contributed by atoms with Crippen LogP contribution in [0.4, 0.5) is 5.69 Å². The number of carbonyl (C=O) groups is 1. The molecule has 0 atom stereocenters. The number of para-hydroxylation sites is 1. The molecule has 3 aromatic rings. The van der Waals surface area contributed by atoms with Crippen molar-refractivity contribution in [3.63, 3.8) is 0 Å². The number of anilines is 1. The van der Waals surface area contributed by atoms with Crippen LogP contribution >= 0.6 is 11.6 Å². The Morgan fingerprint density at radius 2 is 1.79 bits per heavy atom. The molecule has 0 heterocycles. The first-order chi connectivity index (χ1) is 15.7. The van der Waals surface area contributed by atoms with Crippen LogP contribution in [0.15, 0.2) is 76.7 Å². The molecule has 0 aliphatic heterocycles. The monoisotopic (exact) mass is 485 g/mol. The number of hydrogen-bond donors (Lipinski definition) is 1. The van der Waals surface area contributed by atoms with Crippen molar-refractivity contribution < 1.29 is 17.9 Å². The van der Waals surface area contributed by atoms with Gasteiger partial charge in [0.1, 0.15) is 12.3 Å². The minimum Gasteiger partial charge on any atom is -0.496 e. The summed E-state index contributed by atoms with van der Waals surface area (Å²) in [4.78, 5) is 12.8. The number of methoxy groups -OCH3 is 1. The molecular formula is C24H24ClN3O4S. The number of hydrazone groups is 1. The van der Waals surface area contributed by atoms with Gasteiger partial charge in [-0.2, -0.15) is 5.10 Å². The van der Waals surface area contributed by atoms with Gasteiger partial charge in [-0.05, 0) is 61.9 Å². The Morgan fingerprint density at radius 3 is 2.45 bits per heavy atom. The van der Waals surface area contributed by atoms with E-state index in [-0.39, 0.29) is 4.90 Å². The summed E-state index contributed by atoms with van der Waals surface area (Å²) >= 11 is 6.05. The molecule has 0 radical (unpaired) electrons. The standard InChI is InChI=1S/C24H24ClN3O4S/c1-17-8-11-21(12-9-17)33(30,31)28(22-13-10-20(25)14-18(22)2)16-24(29)27-26-15-19-6-4-5-7-23(19)32-3/h4-15H,16H2,1-3H3,(H,27,29)/b26-15+. The summed E-state index contributed by atoms with van der Waals surface area (Å²) in [5.41, 5.74) is 4.94. The van der Waals surface area contributed by atoms with Crippen LogP contribution < -0.4 is 14.5 Å². The van der Waals surface area contributed by atoms with E-state index < -0.39 is 22.5 Å². The van der Waals surface area contributed by atoms with Gasteiger partial charge in [0.05, 0.1) is 23.9 Å². The largest absolute Gasteiger partial charge is 0.496 e. The van der Waals surface area contributed by atoms with Gasteiger partial charge in [-0.15, -0.1) is 0 Å². The third kappa shape index (κ3) is 5.91. The maximum absolute atomic E-state index is 13.5. The summed E-state index contributed by atoms with van der Waals surface area (Å²) in [5.74, 6) is -0.0120. The van der Waals surface area contributed by atoms with Crippen molar-refractivity contribution in [2.45, 2.75) is 18.7 Å². The van der Waals surface area contributed by atoms with Gasteiger partial charge in [0.15, 0.2) is 0 Å². The average Bonchev–Trinajstić information content (AvgIpc) is 2.78. The predicted molar refractivity (Wildman–Crippen MR) is 131 cm³/mol. The number of nitrogens with one attached hydrogen (secondary N) is 1. The van der Waals surface area contributed by atoms with Crippen molar-refractivity contribution in [1.82, 2.24) is 5.43 Å². The number of benzene rings is 3. The minimum atomic E-state index is -4.03. The molecule has 7 nitrogen and oxygen atoms in total. The number of ether oxygens (including phenoxy) is 1. The molecule has 1 amide bonds. The molecule has 9 heteroatoms. The molecule has 0 saturated heterocycles. The van der Waals surface area contributed by atoms with Crippen LogP contribution in [0.2, 0.25) is 5.02 Å². The number of hydrogen-bond acceptors (Lipinski definition) is 5. The van der Waals surface area contributed by atoms with E-state index in [0.717, 1.165) is 9.87 Å². The maximum atomic E-state index is 13.5. The van der Waals surface area contributed by atoms with Gasteiger partial charge >= 0.3 is 0 Å². The zero-order valence-corrected chi connectivity index (χ0v) is 20.0. The lowest BCUT2D eigenvalue weighted by atomic mass is 10.2. The predicted octanol–water partition coefficient (Wildman–Crippen LogP) is 4.31. The second kappa shape index (κ2) is 10.5. The van der Waals surface area contributed by atoms with E-state index in [0.29, 0.717) is 27.6 Å². The highest BCUT2D eigenvalue weighted by atomic mass is 35.5. The van der Waals surface area contributed by atoms with E-state index in [1.54, 1.807) is 49.4 Å². The van der Waals surface area contributed by atoms with Crippen LogP contribution in [-0.2, 0) is 14.8 Å². The summed E-state index contributed by atoms with van der Waals surface area (Å²) in [7, 11) is -2.50. The fraction of sp³-hybridized carbons (Fsp3) is 0.167. The van der Waals surface area contributed by atoms with Crippen LogP contribution in [0.25, 0.3) is 0 Å². The summed E-state index contributed by atoms with van der Waals surface area (Å²) in [6.45, 7) is 3.13. The number of aryl methyl sites for hydroxylation is 2. The first-order valence-corrected chi connectivity index (χ1v) is 11.8. The van der Waals surface area contributed by atoms with Gasteiger partial charge < -0.3 is 4.74 Å². The lowest BCUT2D eigenvalue weighted by Gasteiger charge is -2.25. The lowest BCUT2D eigenvalue weighted by Crippen LogP contribution is -2.40. The first kappa shape index (κ1) is 24.3. The molecule has 172 valence electrons. The molecular weight excluding hydrogens is 462 g/mol. The molecule has 0 fully saturated rings. The summed E-state index contributed by atoms with van der Waals surface area (Å²) in [5, 5.41) is 4.42. The molecule has 0 aliphatic carbocycles. The lowest BCUT2D eigenvalue weighted by molar-refractivity contribution is -0.119. The molecule has 0 spiro atoms. The molecule has 3 aromatic carbocycles. The molecule has 0 saturated carbocycles. The summed E-state index contributed by atoms with van der Waals surface area (Å²) in [6.07, 6.45) is 1.43. The Bertz CT molecular complexity index is 1280. The van der Waals surface area contributed by atoms with Crippen molar-refractivity contribution in [2.75, 3.05) is 18.0 Å². The van der Waals surface area contributed by atoms with Crippen molar-refractivity contribution in [2.24, 2.45) is 5.10 Å². The van der Waals surface area contributed by atoms with E-state index in [1.807, 2.05) is 19.1 Å². The smallest absolute Gasteiger partial charge is 0.264 e. The van der Waals surface area contributed by atoms with Gasteiger partial charge in [0, 0.05) is 10.6 Å². The van der Waals surface area contributed by atoms with E-state index in [4.69, 9.17) is 16.3 Å². The van der Waals surface area contributed by atoms with Crippen LogP contribution in [0, 0.1) is 13.8 Å². The third-order valence-corrected chi connectivity index (χ3v) is 6.86. The van der Waals surface area contributed by atoms with Crippen LogP contribution in [-0.4, -0.2) is 34.2 Å². The molecule has 33 heavy (non-hydrogen) atoms. The van der Waals surface area contributed by atoms with Gasteiger partial charge in [0.2, 0.25) is 0 Å². The quantitative estimate of drug-likeness (QED) is 0.380. The van der Waals surface area contributed by atoms with E-state index >= 15 is 0 Å². The Kier molecular flexibility index (Phi) is 7.73. The molecule has 0 aliphatic rings. The Morgan fingerprint density at radius 1 is 1.09 bits per heavy atom. The maximum Gasteiger partial charge on any atom is 0.264 e. The zero-order valence-electron chi connectivity index (χ0n) is 18.4. The van der Waals surface area contributed by atoms with Crippen LogP contribution in [0.5, 0.6) is 5.75 Å². The number of sulfonamides is 1. The van der Waals surface area contributed by atoms with Crippen molar-refractivity contribution >= 4 is 39.4 Å². The van der Waals surface area contributed by atoms with Crippen molar-refractivity contribution in [3.8, 4) is 5.75 Å². The minimum absolute atomic E-state index is 0.0766. The Hall–Kier alpha value is -3.36. The van der Waals surface area contributed by atoms with Gasteiger partial charge in [-0.1, -0.05) is 41.4 Å². The Balaban J connectivity index is 1.89. The summed E-state index contributed by atoms with van der Waals surface area (Å²) in [6, 6.07) is 18.4. The molecule has 3 rings (SSSR count). The van der Waals surface area contributed by atoms with Gasteiger partial charge in [-0.25, -0.2) is 13.8 Å². The van der Waals surface area contributed by atoms with E-state index in [2.05, 4.69) is 10.5 Å². The molecule has 0 unspecified atom stereocenters. The number of nitrogens with zero attached hydrogens (tertiary/aromatic N) is 2. The first-order valence-electron chi connectivity index (χ1n) is 10.0. The Labute approximate surface area is 198 Å². The SMILES string of the molecule is COc1ccccc1/C=N/NC(=O)CN(c1ccc(Cl)cc1C)S(=O)(=O)c1ccc(C)cc1. The normalized spacial score (nSPS) is 11.4. The second-order valence-electron chi connectivity index (χ2n) is 7.29. The number of amides is 1. The second-order valence-corrected chi connectivity index (χ2v) is 9.59. The number of carbonyl (C=O) groups excluding carboxylic acids is 1. The molecule has 0 bridgehead atoms. The van der Waals surface area contributed by atoms with Crippen LogP contribution in [0.3, 0.4) is 0 Å². The molecule has 1 N–H and O–H groups in total. The van der Waals surface area contributed by atoms with E-state index in [1.165, 1.54) is 25.5 Å². The zero-order chi connectivity index (χ0) is 24.0. The number of halogens is 1. The van der Waals surface area contributed by atoms with Crippen LogP contribution in [0.1, 0.15) is 16.7 Å². The average molecular weight is 486 g/mol. The highest BCUT2D eigenvalue weighted by molar-refractivity contribution is 7.92. The number of rotatable bonds is 8. The van der Waals surface area contributed by atoms with E-state index in [9.17, 15) is 13.2 Å². The highest BCUT2D eigenvalue weighted by Crippen LogP contribution is 2.29. The topological polar surface area (TPSA) is 88.1 Å². The fourth-order valence-corrected chi connectivity index (χ4v) is 4.86. The third-order valence-electron chi connectivity index (χ3n) is 4.86. The fourth-order valence-electron chi connectivity index (χ4n) is 3.15. The van der Waals surface area contributed by atoms with Gasteiger partial charge in [0.25, 0.3) is 15.9 Å². The van der Waals surface area contributed by atoms with Gasteiger partial charge in [-0.3, -0.25) is 9.10 Å². The van der Waals surface area contributed by atoms with Crippen molar-refractivity contribution in [1.29, 1.82) is 0 Å². The summed E-state index contributed by atoms with van der Waals surface area (Å²) < 4.78 is 33.2. The molecule has 0 aromatic heterocycles. The highest BCUT2D eigenvalue weighted by Gasteiger charge is 2.28.